The van der Waals surface area contributed by atoms with E-state index < -0.39 is 0 Å². The molecule has 1 fully saturated rings. The summed E-state index contributed by atoms with van der Waals surface area (Å²) in [4.78, 5) is 4.61. The first kappa shape index (κ1) is 12.4. The molecule has 1 aromatic heterocycles. The van der Waals surface area contributed by atoms with Crippen molar-refractivity contribution in [3.63, 3.8) is 0 Å². The fourth-order valence-electron chi connectivity index (χ4n) is 2.68. The zero-order valence-corrected chi connectivity index (χ0v) is 10.9. The Kier molecular flexibility index (Phi) is 4.00. The third-order valence-corrected chi connectivity index (χ3v) is 3.63. The van der Waals surface area contributed by atoms with Crippen LogP contribution in [-0.2, 0) is 6.54 Å². The summed E-state index contributed by atoms with van der Waals surface area (Å²) in [5, 5.41) is 3.59. The molecule has 0 saturated heterocycles. The van der Waals surface area contributed by atoms with E-state index in [1.165, 1.54) is 43.2 Å². The summed E-state index contributed by atoms with van der Waals surface area (Å²) in [6.07, 6.45) is 6.57. The van der Waals surface area contributed by atoms with E-state index in [2.05, 4.69) is 23.3 Å². The second-order valence-corrected chi connectivity index (χ2v) is 5.09. The van der Waals surface area contributed by atoms with Crippen LogP contribution in [0.5, 0.6) is 0 Å². The number of nitrogens with zero attached hydrogens (tertiary/aromatic N) is 1. The highest BCUT2D eigenvalue weighted by atomic mass is 15.0. The summed E-state index contributed by atoms with van der Waals surface area (Å²) >= 11 is 0. The van der Waals surface area contributed by atoms with E-state index in [4.69, 9.17) is 5.73 Å². The van der Waals surface area contributed by atoms with Gasteiger partial charge in [0.25, 0.3) is 0 Å². The van der Waals surface area contributed by atoms with Crippen LogP contribution in [0.15, 0.2) is 6.07 Å². The van der Waals surface area contributed by atoms with Crippen molar-refractivity contribution < 1.29 is 0 Å². The minimum Gasteiger partial charge on any atom is -0.367 e. The van der Waals surface area contributed by atoms with E-state index in [0.29, 0.717) is 12.6 Å². The average Bonchev–Trinajstić information content (AvgIpc) is 2.30. The number of hydrogen-bond acceptors (Lipinski definition) is 3. The molecular formula is C14H23N3. The highest BCUT2D eigenvalue weighted by molar-refractivity contribution is 5.50. The van der Waals surface area contributed by atoms with Crippen LogP contribution in [-0.4, -0.2) is 11.0 Å². The maximum atomic E-state index is 5.83. The number of pyridine rings is 1. The maximum Gasteiger partial charge on any atom is 0.131 e. The standard InChI is InChI=1S/C14H23N3/c1-10-8-11(2)16-14(13(10)9-15)17-12-6-4-3-5-7-12/h8,12H,3-7,9,15H2,1-2H3,(H,16,17). The highest BCUT2D eigenvalue weighted by Crippen LogP contribution is 2.24. The van der Waals surface area contributed by atoms with Gasteiger partial charge in [-0.25, -0.2) is 4.98 Å². The van der Waals surface area contributed by atoms with Gasteiger partial charge in [-0.1, -0.05) is 19.3 Å². The molecule has 0 amide bonds. The van der Waals surface area contributed by atoms with E-state index >= 15 is 0 Å². The number of aromatic nitrogens is 1. The molecule has 0 spiro atoms. The number of anilines is 1. The fourth-order valence-corrected chi connectivity index (χ4v) is 2.68. The van der Waals surface area contributed by atoms with E-state index in [0.717, 1.165) is 11.5 Å². The summed E-state index contributed by atoms with van der Waals surface area (Å²) in [7, 11) is 0. The van der Waals surface area contributed by atoms with Crippen molar-refractivity contribution in [2.75, 3.05) is 5.32 Å². The average molecular weight is 233 g/mol. The summed E-state index contributed by atoms with van der Waals surface area (Å²) in [6.45, 7) is 4.72. The summed E-state index contributed by atoms with van der Waals surface area (Å²) < 4.78 is 0. The summed E-state index contributed by atoms with van der Waals surface area (Å²) in [5.74, 6) is 1.01. The van der Waals surface area contributed by atoms with Crippen LogP contribution in [0.25, 0.3) is 0 Å². The number of aryl methyl sites for hydroxylation is 2. The van der Waals surface area contributed by atoms with Gasteiger partial charge in [0.1, 0.15) is 5.82 Å². The van der Waals surface area contributed by atoms with Crippen LogP contribution in [0.3, 0.4) is 0 Å². The predicted molar refractivity (Wildman–Crippen MR) is 72.1 cm³/mol. The van der Waals surface area contributed by atoms with Crippen LogP contribution in [0.1, 0.15) is 48.9 Å². The van der Waals surface area contributed by atoms with Gasteiger partial charge in [0, 0.05) is 23.8 Å². The number of nitrogens with one attached hydrogen (secondary N) is 1. The van der Waals surface area contributed by atoms with Gasteiger partial charge in [-0.3, -0.25) is 0 Å². The van der Waals surface area contributed by atoms with E-state index in [9.17, 15) is 0 Å². The minimum atomic E-state index is 0.564. The van der Waals surface area contributed by atoms with Crippen molar-refractivity contribution in [2.24, 2.45) is 5.73 Å². The molecule has 0 aromatic carbocycles. The molecule has 3 nitrogen and oxygen atoms in total. The molecule has 94 valence electrons. The molecule has 0 unspecified atom stereocenters. The van der Waals surface area contributed by atoms with E-state index in [-0.39, 0.29) is 0 Å². The van der Waals surface area contributed by atoms with Gasteiger partial charge in [0.2, 0.25) is 0 Å². The van der Waals surface area contributed by atoms with Crippen molar-refractivity contribution in [1.82, 2.24) is 4.98 Å². The Bertz CT molecular complexity index is 381. The monoisotopic (exact) mass is 233 g/mol. The van der Waals surface area contributed by atoms with Gasteiger partial charge < -0.3 is 11.1 Å². The number of hydrogen-bond donors (Lipinski definition) is 2. The molecule has 1 aromatic rings. The molecule has 1 saturated carbocycles. The molecule has 3 heteroatoms. The molecule has 17 heavy (non-hydrogen) atoms. The second kappa shape index (κ2) is 5.50. The lowest BCUT2D eigenvalue weighted by molar-refractivity contribution is 0.461. The van der Waals surface area contributed by atoms with Gasteiger partial charge in [-0.15, -0.1) is 0 Å². The molecule has 0 bridgehead atoms. The SMILES string of the molecule is Cc1cc(C)c(CN)c(NC2CCCCC2)n1. The summed E-state index contributed by atoms with van der Waals surface area (Å²) in [5.41, 5.74) is 9.31. The van der Waals surface area contributed by atoms with Gasteiger partial charge in [0.15, 0.2) is 0 Å². The molecule has 0 atom stereocenters. The number of nitrogens with two attached hydrogens (primary N) is 1. The zero-order chi connectivity index (χ0) is 12.3. The van der Waals surface area contributed by atoms with E-state index in [1.807, 2.05) is 6.92 Å². The molecule has 1 heterocycles. The molecule has 3 N–H and O–H groups in total. The first-order valence-corrected chi connectivity index (χ1v) is 6.64. The lowest BCUT2D eigenvalue weighted by Crippen LogP contribution is -2.24. The number of rotatable bonds is 3. The quantitative estimate of drug-likeness (QED) is 0.844. The third-order valence-electron chi connectivity index (χ3n) is 3.63. The molecule has 0 radical (unpaired) electrons. The topological polar surface area (TPSA) is 50.9 Å². The van der Waals surface area contributed by atoms with Gasteiger partial charge in [-0.2, -0.15) is 0 Å². The van der Waals surface area contributed by atoms with Crippen molar-refractivity contribution >= 4 is 5.82 Å². The van der Waals surface area contributed by atoms with Crippen molar-refractivity contribution in [1.29, 1.82) is 0 Å². The van der Waals surface area contributed by atoms with Crippen LogP contribution < -0.4 is 11.1 Å². The van der Waals surface area contributed by atoms with Gasteiger partial charge in [-0.05, 0) is 38.3 Å². The Hall–Kier alpha value is -1.09. The molecule has 1 aliphatic rings. The fraction of sp³-hybridized carbons (Fsp3) is 0.643. The van der Waals surface area contributed by atoms with Crippen molar-refractivity contribution in [2.45, 2.75) is 58.5 Å². The molecular weight excluding hydrogens is 210 g/mol. The lowest BCUT2D eigenvalue weighted by atomic mass is 9.95. The largest absolute Gasteiger partial charge is 0.367 e. The zero-order valence-electron chi connectivity index (χ0n) is 10.9. The predicted octanol–water partition coefficient (Wildman–Crippen LogP) is 2.90. The lowest BCUT2D eigenvalue weighted by Gasteiger charge is -2.25. The first-order valence-electron chi connectivity index (χ1n) is 6.64. The van der Waals surface area contributed by atoms with Gasteiger partial charge in [0.05, 0.1) is 0 Å². The van der Waals surface area contributed by atoms with Crippen LogP contribution in [0, 0.1) is 13.8 Å². The van der Waals surface area contributed by atoms with Crippen LogP contribution in [0.4, 0.5) is 5.82 Å². The van der Waals surface area contributed by atoms with Crippen LogP contribution in [0.2, 0.25) is 0 Å². The maximum absolute atomic E-state index is 5.83. The molecule has 0 aliphatic heterocycles. The minimum absolute atomic E-state index is 0.564. The third kappa shape index (κ3) is 2.97. The Labute approximate surface area is 104 Å². The Morgan fingerprint density at radius 2 is 2.00 bits per heavy atom. The van der Waals surface area contributed by atoms with E-state index in [1.54, 1.807) is 0 Å². The second-order valence-electron chi connectivity index (χ2n) is 5.09. The van der Waals surface area contributed by atoms with Gasteiger partial charge >= 0.3 is 0 Å². The molecule has 2 rings (SSSR count). The van der Waals surface area contributed by atoms with Crippen molar-refractivity contribution in [3.05, 3.63) is 22.9 Å². The Morgan fingerprint density at radius 1 is 1.29 bits per heavy atom. The smallest absolute Gasteiger partial charge is 0.131 e. The first-order chi connectivity index (χ1) is 8.20. The van der Waals surface area contributed by atoms with Crippen molar-refractivity contribution in [3.8, 4) is 0 Å². The highest BCUT2D eigenvalue weighted by Gasteiger charge is 2.16. The van der Waals surface area contributed by atoms with Crippen LogP contribution >= 0.6 is 0 Å². The Balaban J connectivity index is 2.18. The normalized spacial score (nSPS) is 17.1. The Morgan fingerprint density at radius 3 is 2.65 bits per heavy atom. The summed E-state index contributed by atoms with van der Waals surface area (Å²) in [6, 6.07) is 2.69. The molecule has 1 aliphatic carbocycles.